The summed E-state index contributed by atoms with van der Waals surface area (Å²) in [5.41, 5.74) is 5.93. The molecular weight excluding hydrogens is 284 g/mol. The van der Waals surface area contributed by atoms with Crippen LogP contribution in [0.15, 0.2) is 15.6 Å². The smallest absolute Gasteiger partial charge is 0.341 e. The summed E-state index contributed by atoms with van der Waals surface area (Å²) in [6.07, 6.45) is 2.07. The number of esters is 1. The van der Waals surface area contributed by atoms with Gasteiger partial charge in [0.1, 0.15) is 11.3 Å². The van der Waals surface area contributed by atoms with Gasteiger partial charge in [-0.25, -0.2) is 17.9 Å². The van der Waals surface area contributed by atoms with Crippen molar-refractivity contribution in [1.29, 1.82) is 0 Å². The van der Waals surface area contributed by atoms with Gasteiger partial charge >= 0.3 is 5.97 Å². The molecule has 2 rings (SSSR count). The maximum atomic E-state index is 12.0. The number of carbonyl (C=O) groups excluding carboxylic acids is 1. The molecule has 1 aliphatic carbocycles. The van der Waals surface area contributed by atoms with Gasteiger partial charge in [0.2, 0.25) is 5.09 Å². The third-order valence-corrected chi connectivity index (χ3v) is 4.58. The summed E-state index contributed by atoms with van der Waals surface area (Å²) in [6, 6.07) is 0.965. The summed E-state index contributed by atoms with van der Waals surface area (Å²) in [5, 5.41) is -0.307. The van der Waals surface area contributed by atoms with Gasteiger partial charge in [0.15, 0.2) is 0 Å². The van der Waals surface area contributed by atoms with E-state index < -0.39 is 16.0 Å². The van der Waals surface area contributed by atoms with Gasteiger partial charge in [-0.3, -0.25) is 0 Å². The summed E-state index contributed by atoms with van der Waals surface area (Å²) in [6.45, 7) is 1.65. The van der Waals surface area contributed by atoms with Crippen molar-refractivity contribution in [2.45, 2.75) is 30.9 Å². The fraction of sp³-hybridized carbons (Fsp3) is 0.583. The van der Waals surface area contributed by atoms with Gasteiger partial charge in [-0.2, -0.15) is 0 Å². The van der Waals surface area contributed by atoms with Crippen molar-refractivity contribution in [2.24, 2.45) is 11.7 Å². The molecule has 0 amide bonds. The Morgan fingerprint density at radius 3 is 2.80 bits per heavy atom. The fourth-order valence-corrected chi connectivity index (χ4v) is 2.93. The van der Waals surface area contributed by atoms with E-state index in [0.29, 0.717) is 5.92 Å². The summed E-state index contributed by atoms with van der Waals surface area (Å²) >= 11 is 0. The van der Waals surface area contributed by atoms with Crippen LogP contribution in [0.1, 0.15) is 29.0 Å². The molecule has 20 heavy (non-hydrogen) atoms. The molecule has 112 valence electrons. The average molecular weight is 302 g/mol. The average Bonchev–Trinajstić information content (AvgIpc) is 3.18. The van der Waals surface area contributed by atoms with Gasteiger partial charge in [-0.05, 0) is 25.7 Å². The second-order valence-electron chi connectivity index (χ2n) is 4.88. The minimum atomic E-state index is -3.81. The van der Waals surface area contributed by atoms with Gasteiger partial charge in [0.25, 0.3) is 10.0 Å². The highest BCUT2D eigenvalue weighted by Crippen LogP contribution is 2.31. The third-order valence-electron chi connectivity index (χ3n) is 3.30. The minimum Gasteiger partial charge on any atom is -0.465 e. The van der Waals surface area contributed by atoms with Crippen LogP contribution in [0.4, 0.5) is 0 Å². The van der Waals surface area contributed by atoms with Crippen LogP contribution in [0.3, 0.4) is 0 Å². The normalized spacial score (nSPS) is 16.9. The molecule has 1 unspecified atom stereocenters. The van der Waals surface area contributed by atoms with Crippen molar-refractivity contribution >= 4 is 16.0 Å². The van der Waals surface area contributed by atoms with Gasteiger partial charge in [0.05, 0.1) is 7.11 Å². The zero-order valence-corrected chi connectivity index (χ0v) is 12.2. The van der Waals surface area contributed by atoms with Crippen LogP contribution in [0.25, 0.3) is 0 Å². The van der Waals surface area contributed by atoms with Gasteiger partial charge in [-0.1, -0.05) is 0 Å². The molecule has 8 heteroatoms. The largest absolute Gasteiger partial charge is 0.465 e. The number of nitrogens with two attached hydrogens (primary N) is 1. The molecule has 0 radical (unpaired) electrons. The van der Waals surface area contributed by atoms with Gasteiger partial charge in [-0.15, -0.1) is 0 Å². The number of nitrogens with one attached hydrogen (secondary N) is 1. The number of rotatable bonds is 6. The van der Waals surface area contributed by atoms with Crippen LogP contribution in [-0.4, -0.2) is 34.1 Å². The Hall–Kier alpha value is -1.38. The van der Waals surface area contributed by atoms with Gasteiger partial charge < -0.3 is 14.9 Å². The first-order valence-corrected chi connectivity index (χ1v) is 7.77. The lowest BCUT2D eigenvalue weighted by Crippen LogP contribution is -2.38. The van der Waals surface area contributed by atoms with Gasteiger partial charge in [0, 0.05) is 18.7 Å². The molecule has 0 bridgehead atoms. The highest BCUT2D eigenvalue weighted by atomic mass is 32.2. The van der Waals surface area contributed by atoms with E-state index in [4.69, 9.17) is 10.2 Å². The number of furan rings is 1. The molecule has 1 fully saturated rings. The molecular formula is C12H18N2O5S. The van der Waals surface area contributed by atoms with E-state index in [-0.39, 0.29) is 29.0 Å². The number of ether oxygens (including phenoxy) is 1. The Labute approximate surface area is 117 Å². The first-order chi connectivity index (χ1) is 9.35. The summed E-state index contributed by atoms with van der Waals surface area (Å²) in [5.74, 6) is -0.0484. The number of methoxy groups -OCH3 is 1. The number of carbonyl (C=O) groups is 1. The van der Waals surface area contributed by atoms with Crippen molar-refractivity contribution in [3.8, 4) is 0 Å². The second kappa shape index (κ2) is 5.55. The molecule has 7 nitrogen and oxygen atoms in total. The molecule has 1 aliphatic rings. The summed E-state index contributed by atoms with van der Waals surface area (Å²) in [4.78, 5) is 11.4. The lowest BCUT2D eigenvalue weighted by molar-refractivity contribution is 0.0599. The maximum absolute atomic E-state index is 12.0. The Bertz CT molecular complexity index is 603. The number of hydrogen-bond acceptors (Lipinski definition) is 6. The number of sulfonamides is 1. The van der Waals surface area contributed by atoms with Crippen LogP contribution in [-0.2, 0) is 14.8 Å². The van der Waals surface area contributed by atoms with Crippen molar-refractivity contribution in [3.63, 3.8) is 0 Å². The molecule has 1 saturated carbocycles. The molecule has 1 heterocycles. The zero-order valence-electron chi connectivity index (χ0n) is 11.4. The van der Waals surface area contributed by atoms with Crippen molar-refractivity contribution < 1.29 is 22.4 Å². The molecule has 0 spiro atoms. The SMILES string of the molecule is COC(=O)c1cc(S(=O)(=O)NCC(N)C2CC2)oc1C. The quantitative estimate of drug-likeness (QED) is 0.735. The van der Waals surface area contributed by atoms with Crippen molar-refractivity contribution in [1.82, 2.24) is 4.72 Å². The topological polar surface area (TPSA) is 112 Å². The molecule has 0 aromatic carbocycles. The highest BCUT2D eigenvalue weighted by Gasteiger charge is 2.30. The maximum Gasteiger partial charge on any atom is 0.341 e. The van der Waals surface area contributed by atoms with E-state index in [1.54, 1.807) is 0 Å². The minimum absolute atomic E-state index is 0.0966. The highest BCUT2D eigenvalue weighted by molar-refractivity contribution is 7.89. The third kappa shape index (κ3) is 3.20. The monoisotopic (exact) mass is 302 g/mol. The van der Waals surface area contributed by atoms with Crippen molar-refractivity contribution in [2.75, 3.05) is 13.7 Å². The molecule has 3 N–H and O–H groups in total. The van der Waals surface area contributed by atoms with E-state index >= 15 is 0 Å². The van der Waals surface area contributed by atoms with Crippen LogP contribution >= 0.6 is 0 Å². The zero-order chi connectivity index (χ0) is 14.9. The Balaban J connectivity index is 2.10. The molecule has 0 saturated heterocycles. The summed E-state index contributed by atoms with van der Waals surface area (Å²) in [7, 11) is -2.59. The lowest BCUT2D eigenvalue weighted by Gasteiger charge is -2.10. The van der Waals surface area contributed by atoms with Crippen LogP contribution < -0.4 is 10.5 Å². The standard InChI is InChI=1S/C12H18N2O5S/c1-7-9(12(15)18-2)5-11(19-7)20(16,17)14-6-10(13)8-3-4-8/h5,8,10,14H,3-4,6,13H2,1-2H3. The van der Waals surface area contributed by atoms with E-state index in [1.807, 2.05) is 0 Å². The van der Waals surface area contributed by atoms with E-state index in [0.717, 1.165) is 18.9 Å². The Morgan fingerprint density at radius 1 is 1.60 bits per heavy atom. The fourth-order valence-electron chi connectivity index (χ4n) is 1.87. The molecule has 1 aromatic heterocycles. The molecule has 1 aromatic rings. The van der Waals surface area contributed by atoms with E-state index in [1.165, 1.54) is 14.0 Å². The second-order valence-corrected chi connectivity index (χ2v) is 6.58. The van der Waals surface area contributed by atoms with Crippen LogP contribution in [0.5, 0.6) is 0 Å². The predicted molar refractivity (Wildman–Crippen MR) is 70.7 cm³/mol. The van der Waals surface area contributed by atoms with E-state index in [9.17, 15) is 13.2 Å². The van der Waals surface area contributed by atoms with E-state index in [2.05, 4.69) is 9.46 Å². The van der Waals surface area contributed by atoms with Crippen LogP contribution in [0, 0.1) is 12.8 Å². The van der Waals surface area contributed by atoms with Crippen LogP contribution in [0.2, 0.25) is 0 Å². The Morgan fingerprint density at radius 2 is 2.25 bits per heavy atom. The molecule has 0 aliphatic heterocycles. The number of hydrogen-bond donors (Lipinski definition) is 2. The first kappa shape index (κ1) is 15.0. The Kier molecular flexibility index (Phi) is 4.17. The first-order valence-electron chi connectivity index (χ1n) is 6.29. The lowest BCUT2D eigenvalue weighted by atomic mass is 10.2. The van der Waals surface area contributed by atoms with Crippen molar-refractivity contribution in [3.05, 3.63) is 17.4 Å². The predicted octanol–water partition coefficient (Wildman–Crippen LogP) is 0.390. The molecule has 1 atom stereocenters. The summed E-state index contributed by atoms with van der Waals surface area (Å²) < 4.78 is 36.1. The number of aryl methyl sites for hydroxylation is 1.